The summed E-state index contributed by atoms with van der Waals surface area (Å²) < 4.78 is 0.809. The average molecular weight is 330 g/mol. The number of benzene rings is 1. The van der Waals surface area contributed by atoms with E-state index in [4.69, 9.17) is 11.6 Å². The fourth-order valence-corrected chi connectivity index (χ4v) is 2.03. The van der Waals surface area contributed by atoms with Crippen LogP contribution in [0.5, 0.6) is 0 Å². The smallest absolute Gasteiger partial charge is 0.255 e. The Morgan fingerprint density at radius 3 is 3.00 bits per heavy atom. The Bertz CT molecular complexity index is 558. The van der Waals surface area contributed by atoms with Crippen LogP contribution in [0.3, 0.4) is 0 Å². The van der Waals surface area contributed by atoms with Crippen LogP contribution in [0.2, 0.25) is 5.02 Å². The van der Waals surface area contributed by atoms with Crippen LogP contribution in [0.4, 0.5) is 0 Å². The monoisotopic (exact) mass is 328 g/mol. The lowest BCUT2D eigenvalue weighted by Crippen LogP contribution is -2.27. The number of nitrogens with zero attached hydrogens (tertiary/aromatic N) is 3. The molecule has 0 saturated heterocycles. The molecule has 0 aliphatic heterocycles. The van der Waals surface area contributed by atoms with E-state index in [1.54, 1.807) is 25.2 Å². The number of halogens is 2. The molecule has 0 radical (unpaired) electrons. The van der Waals surface area contributed by atoms with E-state index >= 15 is 0 Å². The van der Waals surface area contributed by atoms with Gasteiger partial charge in [0.15, 0.2) is 0 Å². The molecule has 1 heterocycles. The molecule has 0 spiro atoms. The summed E-state index contributed by atoms with van der Waals surface area (Å²) in [6.07, 6.45) is 1.40. The molecule has 7 heteroatoms. The Hall–Kier alpha value is -1.40. The standard InChI is InChI=1S/C11H10BrClN4O/c1-17(5-10-14-6-15-16-10)11(18)8-4-7(12)2-3-9(8)13/h2-4,6H,5H2,1H3,(H,14,15,16). The Morgan fingerprint density at radius 1 is 1.56 bits per heavy atom. The highest BCUT2D eigenvalue weighted by Crippen LogP contribution is 2.22. The summed E-state index contributed by atoms with van der Waals surface area (Å²) in [5, 5.41) is 6.86. The van der Waals surface area contributed by atoms with Crippen molar-refractivity contribution in [1.82, 2.24) is 20.1 Å². The molecular weight excluding hydrogens is 320 g/mol. The van der Waals surface area contributed by atoms with Crippen molar-refractivity contribution in [2.75, 3.05) is 7.05 Å². The third-order valence-corrected chi connectivity index (χ3v) is 3.18. The normalized spacial score (nSPS) is 10.4. The maximum Gasteiger partial charge on any atom is 0.255 e. The van der Waals surface area contributed by atoms with Crippen molar-refractivity contribution in [3.63, 3.8) is 0 Å². The number of nitrogens with one attached hydrogen (secondary N) is 1. The quantitative estimate of drug-likeness (QED) is 0.941. The van der Waals surface area contributed by atoms with Gasteiger partial charge in [-0.15, -0.1) is 0 Å². The summed E-state index contributed by atoms with van der Waals surface area (Å²) in [7, 11) is 1.68. The Labute approximate surface area is 117 Å². The molecular formula is C11H10BrClN4O. The van der Waals surface area contributed by atoms with Crippen molar-refractivity contribution in [3.05, 3.63) is 45.4 Å². The maximum absolute atomic E-state index is 12.2. The van der Waals surface area contributed by atoms with E-state index in [0.717, 1.165) is 4.47 Å². The van der Waals surface area contributed by atoms with Crippen molar-refractivity contribution in [3.8, 4) is 0 Å². The van der Waals surface area contributed by atoms with Gasteiger partial charge in [-0.05, 0) is 18.2 Å². The van der Waals surface area contributed by atoms with E-state index in [-0.39, 0.29) is 5.91 Å². The van der Waals surface area contributed by atoms with Crippen LogP contribution in [-0.4, -0.2) is 33.0 Å². The third-order valence-electron chi connectivity index (χ3n) is 2.36. The molecule has 0 bridgehead atoms. The maximum atomic E-state index is 12.2. The van der Waals surface area contributed by atoms with Crippen LogP contribution in [0.25, 0.3) is 0 Å². The van der Waals surface area contributed by atoms with Crippen molar-refractivity contribution >= 4 is 33.4 Å². The SMILES string of the molecule is CN(Cc1ncn[nH]1)C(=O)c1cc(Br)ccc1Cl. The molecule has 5 nitrogen and oxygen atoms in total. The first-order valence-corrected chi connectivity index (χ1v) is 6.30. The zero-order valence-corrected chi connectivity index (χ0v) is 11.9. The highest BCUT2D eigenvalue weighted by Gasteiger charge is 2.16. The van der Waals surface area contributed by atoms with E-state index in [2.05, 4.69) is 31.1 Å². The fourth-order valence-electron chi connectivity index (χ4n) is 1.47. The second-order valence-electron chi connectivity index (χ2n) is 3.72. The minimum absolute atomic E-state index is 0.169. The number of amides is 1. The van der Waals surface area contributed by atoms with Crippen LogP contribution in [0.15, 0.2) is 29.0 Å². The molecule has 1 amide bonds. The van der Waals surface area contributed by atoms with E-state index < -0.39 is 0 Å². The Kier molecular flexibility index (Phi) is 3.98. The molecule has 0 saturated carbocycles. The topological polar surface area (TPSA) is 61.9 Å². The lowest BCUT2D eigenvalue weighted by atomic mass is 10.2. The van der Waals surface area contributed by atoms with Crippen LogP contribution < -0.4 is 0 Å². The minimum Gasteiger partial charge on any atom is -0.334 e. The summed E-state index contributed by atoms with van der Waals surface area (Å²) in [6, 6.07) is 5.16. The highest BCUT2D eigenvalue weighted by molar-refractivity contribution is 9.10. The van der Waals surface area contributed by atoms with Crippen LogP contribution >= 0.6 is 27.5 Å². The number of rotatable bonds is 3. The van der Waals surface area contributed by atoms with E-state index in [9.17, 15) is 4.79 Å². The van der Waals surface area contributed by atoms with Gasteiger partial charge in [-0.25, -0.2) is 4.98 Å². The van der Waals surface area contributed by atoms with E-state index in [1.807, 2.05) is 0 Å². The van der Waals surface area contributed by atoms with Gasteiger partial charge in [0.1, 0.15) is 12.2 Å². The van der Waals surface area contributed by atoms with E-state index in [0.29, 0.717) is 23.0 Å². The molecule has 2 rings (SSSR count). The highest BCUT2D eigenvalue weighted by atomic mass is 79.9. The zero-order chi connectivity index (χ0) is 13.1. The van der Waals surface area contributed by atoms with Gasteiger partial charge in [-0.3, -0.25) is 9.89 Å². The van der Waals surface area contributed by atoms with Crippen molar-refractivity contribution in [1.29, 1.82) is 0 Å². The molecule has 2 aromatic rings. The number of carbonyl (C=O) groups is 1. The number of aromatic amines is 1. The predicted molar refractivity (Wildman–Crippen MR) is 71.3 cm³/mol. The zero-order valence-electron chi connectivity index (χ0n) is 9.52. The van der Waals surface area contributed by atoms with Crippen molar-refractivity contribution in [2.45, 2.75) is 6.54 Å². The third kappa shape index (κ3) is 2.88. The Morgan fingerprint density at radius 2 is 2.33 bits per heavy atom. The molecule has 18 heavy (non-hydrogen) atoms. The van der Waals surface area contributed by atoms with Gasteiger partial charge in [-0.1, -0.05) is 27.5 Å². The second kappa shape index (κ2) is 5.49. The first-order chi connectivity index (χ1) is 8.58. The largest absolute Gasteiger partial charge is 0.334 e. The van der Waals surface area contributed by atoms with Gasteiger partial charge in [-0.2, -0.15) is 5.10 Å². The number of H-pyrrole nitrogens is 1. The summed E-state index contributed by atoms with van der Waals surface area (Å²) in [5.74, 6) is 0.453. The number of hydrogen-bond acceptors (Lipinski definition) is 3. The number of hydrogen-bond donors (Lipinski definition) is 1. The first kappa shape index (κ1) is 13.0. The summed E-state index contributed by atoms with van der Waals surface area (Å²) >= 11 is 9.33. The molecule has 0 unspecified atom stereocenters. The van der Waals surface area contributed by atoms with Gasteiger partial charge >= 0.3 is 0 Å². The van der Waals surface area contributed by atoms with Crippen LogP contribution in [0.1, 0.15) is 16.2 Å². The predicted octanol–water partition coefficient (Wildman–Crippen LogP) is 2.49. The first-order valence-electron chi connectivity index (χ1n) is 5.12. The average Bonchev–Trinajstić information content (AvgIpc) is 2.84. The lowest BCUT2D eigenvalue weighted by Gasteiger charge is -2.16. The molecule has 0 aliphatic carbocycles. The second-order valence-corrected chi connectivity index (χ2v) is 5.04. The van der Waals surface area contributed by atoms with Crippen molar-refractivity contribution in [2.24, 2.45) is 0 Å². The van der Waals surface area contributed by atoms with Crippen LogP contribution in [-0.2, 0) is 6.54 Å². The summed E-state index contributed by atoms with van der Waals surface area (Å²) in [6.45, 7) is 0.349. The summed E-state index contributed by atoms with van der Waals surface area (Å²) in [4.78, 5) is 17.7. The van der Waals surface area contributed by atoms with Gasteiger partial charge in [0.25, 0.3) is 5.91 Å². The molecule has 1 aromatic carbocycles. The lowest BCUT2D eigenvalue weighted by molar-refractivity contribution is 0.0782. The van der Waals surface area contributed by atoms with Gasteiger partial charge in [0, 0.05) is 11.5 Å². The van der Waals surface area contributed by atoms with Gasteiger partial charge < -0.3 is 4.90 Å². The Balaban J connectivity index is 2.17. The molecule has 94 valence electrons. The number of aromatic nitrogens is 3. The number of carbonyl (C=O) groups excluding carboxylic acids is 1. The van der Waals surface area contributed by atoms with Gasteiger partial charge in [0.2, 0.25) is 0 Å². The minimum atomic E-state index is -0.169. The van der Waals surface area contributed by atoms with E-state index in [1.165, 1.54) is 11.2 Å². The fraction of sp³-hybridized carbons (Fsp3) is 0.182. The van der Waals surface area contributed by atoms with Gasteiger partial charge in [0.05, 0.1) is 17.1 Å². The summed E-state index contributed by atoms with van der Waals surface area (Å²) in [5.41, 5.74) is 0.452. The molecule has 1 N–H and O–H groups in total. The van der Waals surface area contributed by atoms with Crippen molar-refractivity contribution < 1.29 is 4.79 Å². The molecule has 0 fully saturated rings. The van der Waals surface area contributed by atoms with Crippen LogP contribution in [0, 0.1) is 0 Å². The molecule has 0 aliphatic rings. The molecule has 0 atom stereocenters. The molecule has 1 aromatic heterocycles.